The molecule has 0 spiro atoms. The first-order valence-electron chi connectivity index (χ1n) is 3.58. The fraction of sp³-hybridized carbons (Fsp3) is 0.125. The van der Waals surface area contributed by atoms with Crippen LogP contribution in [0.4, 0.5) is 0 Å². The van der Waals surface area contributed by atoms with Crippen molar-refractivity contribution in [2.24, 2.45) is 5.11 Å². The van der Waals surface area contributed by atoms with Crippen LogP contribution in [0.1, 0.15) is 11.6 Å². The topological polar surface area (TPSA) is 90.4 Å². The summed E-state index contributed by atoms with van der Waals surface area (Å²) in [5, 5.41) is 13.8. The largest absolute Gasteiger partial charge is 0.547 e. The highest BCUT2D eigenvalue weighted by Gasteiger charge is 2.15. The van der Waals surface area contributed by atoms with Crippen LogP contribution in [0.3, 0.4) is 0 Å². The van der Waals surface area contributed by atoms with Crippen LogP contribution in [0, 0.1) is 5.53 Å². The van der Waals surface area contributed by atoms with Crippen LogP contribution in [0.15, 0.2) is 35.4 Å². The maximum Gasteiger partial charge on any atom is 0.215 e. The molecule has 5 nitrogen and oxygen atoms in total. The minimum absolute atomic E-state index is 0.457. The molecule has 0 amide bonds. The number of benzene rings is 1. The zero-order valence-electron chi connectivity index (χ0n) is 6.68. The molecule has 0 saturated carbocycles. The molecule has 0 aromatic heterocycles. The van der Waals surface area contributed by atoms with Crippen molar-refractivity contribution in [1.29, 1.82) is 5.53 Å². The predicted octanol–water partition coefficient (Wildman–Crippen LogP) is 0.0280. The number of rotatable bonds is 3. The van der Waals surface area contributed by atoms with Crippen LogP contribution in [0.2, 0.25) is 0 Å². The quantitative estimate of drug-likeness (QED) is 0.521. The molecule has 1 aromatic rings. The second-order valence-electron chi connectivity index (χ2n) is 2.35. The van der Waals surface area contributed by atoms with Crippen LogP contribution in [0.5, 0.6) is 0 Å². The second kappa shape index (κ2) is 4.13. The van der Waals surface area contributed by atoms with E-state index in [1.165, 1.54) is 0 Å². The maximum absolute atomic E-state index is 10.5. The summed E-state index contributed by atoms with van der Waals surface area (Å²) in [7, 11) is 0. The lowest BCUT2D eigenvalue weighted by Gasteiger charge is -2.06. The van der Waals surface area contributed by atoms with Crippen molar-refractivity contribution in [2.45, 2.75) is 6.04 Å². The summed E-state index contributed by atoms with van der Waals surface area (Å²) < 4.78 is 0. The summed E-state index contributed by atoms with van der Waals surface area (Å²) in [6.07, 6.45) is 0. The molecule has 66 valence electrons. The molecule has 1 atom stereocenters. The number of carboxylic acids is 1. The van der Waals surface area contributed by atoms with E-state index >= 15 is 0 Å². The minimum atomic E-state index is -1.36. The molecule has 1 aromatic carbocycles. The van der Waals surface area contributed by atoms with Gasteiger partial charge in [0.1, 0.15) is 10.6 Å². The van der Waals surface area contributed by atoms with Crippen LogP contribution in [-0.2, 0) is 4.79 Å². The Morgan fingerprint density at radius 3 is 2.54 bits per heavy atom. The standard InChI is InChI=1S/C8H7N3O2/c9-11-10-7(8(12)13)6-4-2-1-3-5-6/h1-5,7,9H. The molecule has 0 radical (unpaired) electrons. The monoisotopic (exact) mass is 177 g/mol. The van der Waals surface area contributed by atoms with Gasteiger partial charge in [-0.25, -0.2) is 0 Å². The number of hydrogen-bond acceptors (Lipinski definition) is 4. The zero-order chi connectivity index (χ0) is 9.68. The Labute approximate surface area is 74.3 Å². The van der Waals surface area contributed by atoms with Crippen LogP contribution < -0.4 is 10.0 Å². The van der Waals surface area contributed by atoms with E-state index in [0.29, 0.717) is 5.56 Å². The smallest absolute Gasteiger partial charge is 0.215 e. The van der Waals surface area contributed by atoms with Crippen LogP contribution >= 0.6 is 0 Å². The van der Waals surface area contributed by atoms with Crippen LogP contribution in [0.25, 0.3) is 0 Å². The Hall–Kier alpha value is -2.00. The molecule has 1 rings (SSSR count). The van der Waals surface area contributed by atoms with Gasteiger partial charge in [-0.1, -0.05) is 30.3 Å². The van der Waals surface area contributed by atoms with E-state index in [4.69, 9.17) is 5.53 Å². The first kappa shape index (κ1) is 9.09. The third kappa shape index (κ3) is 2.21. The number of nitrogens with zero attached hydrogens (tertiary/aromatic N) is 2. The molecule has 0 fully saturated rings. The van der Waals surface area contributed by atoms with Gasteiger partial charge in [-0.2, -0.15) is 0 Å². The van der Waals surface area contributed by atoms with Gasteiger partial charge in [0.2, 0.25) is 4.91 Å². The van der Waals surface area contributed by atoms with E-state index in [2.05, 4.69) is 10.0 Å². The van der Waals surface area contributed by atoms with Gasteiger partial charge < -0.3 is 9.90 Å². The van der Waals surface area contributed by atoms with Gasteiger partial charge in [0, 0.05) is 0 Å². The van der Waals surface area contributed by atoms with Gasteiger partial charge in [0.05, 0.1) is 5.97 Å². The SMILES string of the molecule is N=[N+]=NC(C(=O)[O-])c1ccccc1. The number of carbonyl (C=O) groups excluding carboxylic acids is 1. The van der Waals surface area contributed by atoms with Crippen molar-refractivity contribution in [3.63, 3.8) is 0 Å². The van der Waals surface area contributed by atoms with Gasteiger partial charge in [-0.15, -0.1) is 0 Å². The van der Waals surface area contributed by atoms with Gasteiger partial charge in [-0.3, -0.25) is 0 Å². The average molecular weight is 177 g/mol. The average Bonchev–Trinajstić information content (AvgIpc) is 2.15. The molecule has 5 heteroatoms. The summed E-state index contributed by atoms with van der Waals surface area (Å²) in [6.45, 7) is 0. The minimum Gasteiger partial charge on any atom is -0.547 e. The van der Waals surface area contributed by atoms with Gasteiger partial charge in [-0.05, 0) is 5.56 Å². The molecule has 1 unspecified atom stereocenters. The lowest BCUT2D eigenvalue weighted by atomic mass is 10.1. The third-order valence-electron chi connectivity index (χ3n) is 1.51. The molecule has 0 aliphatic carbocycles. The van der Waals surface area contributed by atoms with E-state index < -0.39 is 12.0 Å². The van der Waals surface area contributed by atoms with E-state index in [1.807, 2.05) is 0 Å². The van der Waals surface area contributed by atoms with Crippen molar-refractivity contribution < 1.29 is 9.90 Å². The Bertz CT molecular complexity index is 342. The second-order valence-corrected chi connectivity index (χ2v) is 2.35. The molecule has 0 bridgehead atoms. The Balaban J connectivity index is 3.02. The third-order valence-corrected chi connectivity index (χ3v) is 1.51. The van der Waals surface area contributed by atoms with Crippen molar-refractivity contribution in [2.75, 3.05) is 0 Å². The van der Waals surface area contributed by atoms with Crippen LogP contribution in [-0.4, -0.2) is 5.97 Å². The van der Waals surface area contributed by atoms with Gasteiger partial charge in [0.25, 0.3) is 0 Å². The fourth-order valence-corrected chi connectivity index (χ4v) is 0.943. The summed E-state index contributed by atoms with van der Waals surface area (Å²) >= 11 is 0. The molecule has 13 heavy (non-hydrogen) atoms. The normalized spacial score (nSPS) is 11.4. The molecule has 0 saturated heterocycles. The van der Waals surface area contributed by atoms with Crippen molar-refractivity contribution in [3.8, 4) is 0 Å². The van der Waals surface area contributed by atoms with Crippen molar-refractivity contribution in [3.05, 3.63) is 35.9 Å². The molecule has 0 aliphatic heterocycles. The summed E-state index contributed by atoms with van der Waals surface area (Å²) in [5.41, 5.74) is 6.90. The summed E-state index contributed by atoms with van der Waals surface area (Å²) in [6, 6.07) is 7.13. The number of hydrogen-bond donors (Lipinski definition) is 1. The highest BCUT2D eigenvalue weighted by Crippen LogP contribution is 2.14. The van der Waals surface area contributed by atoms with E-state index in [-0.39, 0.29) is 0 Å². The zero-order valence-corrected chi connectivity index (χ0v) is 6.68. The van der Waals surface area contributed by atoms with Crippen molar-refractivity contribution >= 4 is 5.97 Å². The molecule has 0 heterocycles. The van der Waals surface area contributed by atoms with E-state index in [1.54, 1.807) is 30.3 Å². The van der Waals surface area contributed by atoms with Crippen molar-refractivity contribution in [1.82, 2.24) is 4.91 Å². The number of nitrogens with one attached hydrogen (secondary N) is 1. The predicted molar refractivity (Wildman–Crippen MR) is 41.5 cm³/mol. The highest BCUT2D eigenvalue weighted by molar-refractivity contribution is 5.73. The lowest BCUT2D eigenvalue weighted by molar-refractivity contribution is -0.308. The first-order chi connectivity index (χ1) is 6.25. The maximum atomic E-state index is 10.5. The molecular weight excluding hydrogens is 170 g/mol. The first-order valence-corrected chi connectivity index (χ1v) is 3.58. The Morgan fingerprint density at radius 2 is 2.08 bits per heavy atom. The molecule has 0 aliphatic rings. The Morgan fingerprint density at radius 1 is 1.46 bits per heavy atom. The molecule has 1 N–H and O–H groups in total. The van der Waals surface area contributed by atoms with E-state index in [0.717, 1.165) is 0 Å². The molecular formula is C8H7N3O2. The number of carboxylic acid groups (broad SMARTS) is 1. The number of carbonyl (C=O) groups is 1. The summed E-state index contributed by atoms with van der Waals surface area (Å²) in [4.78, 5) is 13.2. The highest BCUT2D eigenvalue weighted by atomic mass is 16.4. The fourth-order valence-electron chi connectivity index (χ4n) is 0.943. The van der Waals surface area contributed by atoms with E-state index in [9.17, 15) is 9.90 Å². The summed E-state index contributed by atoms with van der Waals surface area (Å²) in [5.74, 6) is -1.36. The van der Waals surface area contributed by atoms with Gasteiger partial charge >= 0.3 is 0 Å². The number of aliphatic carboxylic acids is 1. The van der Waals surface area contributed by atoms with Gasteiger partial charge in [0.15, 0.2) is 6.04 Å². The lowest BCUT2D eigenvalue weighted by Crippen LogP contribution is -2.28. The Kier molecular flexibility index (Phi) is 2.89.